The predicted octanol–water partition coefficient (Wildman–Crippen LogP) is 0.821. The molecule has 0 saturated heterocycles. The van der Waals surface area contributed by atoms with E-state index < -0.39 is 5.54 Å². The number of aliphatic hydroxyl groups excluding tert-OH is 1. The third-order valence-corrected chi connectivity index (χ3v) is 2.80. The van der Waals surface area contributed by atoms with Gasteiger partial charge in [-0.2, -0.15) is 0 Å². The minimum Gasteiger partial charge on any atom is -0.394 e. The summed E-state index contributed by atoms with van der Waals surface area (Å²) >= 11 is 0. The lowest BCUT2D eigenvalue weighted by Gasteiger charge is -2.22. The van der Waals surface area contributed by atoms with Gasteiger partial charge in [-0.25, -0.2) is 0 Å². The maximum absolute atomic E-state index is 9.16. The van der Waals surface area contributed by atoms with Crippen molar-refractivity contribution >= 4 is 5.69 Å². The van der Waals surface area contributed by atoms with E-state index in [0.717, 1.165) is 18.5 Å². The fraction of sp³-hybridized carbons (Fsp3) is 0.455. The minimum atomic E-state index is -0.627. The second-order valence-corrected chi connectivity index (χ2v) is 4.12. The molecule has 2 rings (SSSR count). The maximum Gasteiger partial charge on any atom is 0.0650 e. The molecule has 3 nitrogen and oxygen atoms in total. The smallest absolute Gasteiger partial charge is 0.0650 e. The molecular formula is C11H16N2O. The molecule has 1 heterocycles. The third kappa shape index (κ3) is 1.49. The van der Waals surface area contributed by atoms with Crippen LogP contribution in [0.25, 0.3) is 0 Å². The van der Waals surface area contributed by atoms with Crippen molar-refractivity contribution < 1.29 is 5.11 Å². The first kappa shape index (κ1) is 9.49. The van der Waals surface area contributed by atoms with Crippen LogP contribution in [0.5, 0.6) is 0 Å². The third-order valence-electron chi connectivity index (χ3n) is 2.80. The highest BCUT2D eigenvalue weighted by Gasteiger charge is 2.21. The van der Waals surface area contributed by atoms with Gasteiger partial charge in [-0.1, -0.05) is 12.1 Å². The Kier molecular flexibility index (Phi) is 2.21. The summed E-state index contributed by atoms with van der Waals surface area (Å²) in [5.74, 6) is 0. The Hall–Kier alpha value is -1.06. The number of aliphatic hydroxyl groups is 1. The normalized spacial score (nSPS) is 18.5. The summed E-state index contributed by atoms with van der Waals surface area (Å²) < 4.78 is 0. The SMILES string of the molecule is C[C@@](N)(CO)c1ccc2c(c1)CCN2. The van der Waals surface area contributed by atoms with Crippen LogP contribution in [-0.2, 0) is 12.0 Å². The van der Waals surface area contributed by atoms with Crippen molar-refractivity contribution in [2.45, 2.75) is 18.9 Å². The summed E-state index contributed by atoms with van der Waals surface area (Å²) in [5, 5.41) is 12.4. The Bertz CT molecular complexity index is 347. The summed E-state index contributed by atoms with van der Waals surface area (Å²) in [6.45, 7) is 2.81. The predicted molar refractivity (Wildman–Crippen MR) is 57.3 cm³/mol. The van der Waals surface area contributed by atoms with Crippen molar-refractivity contribution in [3.05, 3.63) is 29.3 Å². The van der Waals surface area contributed by atoms with Gasteiger partial charge in [0.1, 0.15) is 0 Å². The molecule has 3 heteroatoms. The van der Waals surface area contributed by atoms with Gasteiger partial charge in [0.25, 0.3) is 0 Å². The number of hydrogen-bond donors (Lipinski definition) is 3. The van der Waals surface area contributed by atoms with Gasteiger partial charge in [0, 0.05) is 12.2 Å². The average molecular weight is 192 g/mol. The van der Waals surface area contributed by atoms with Crippen molar-refractivity contribution in [3.63, 3.8) is 0 Å². The molecule has 76 valence electrons. The van der Waals surface area contributed by atoms with Crippen molar-refractivity contribution in [3.8, 4) is 0 Å². The second kappa shape index (κ2) is 3.26. The van der Waals surface area contributed by atoms with Gasteiger partial charge in [0.2, 0.25) is 0 Å². The van der Waals surface area contributed by atoms with Crippen molar-refractivity contribution in [1.29, 1.82) is 0 Å². The molecule has 0 fully saturated rings. The van der Waals surface area contributed by atoms with E-state index in [2.05, 4.69) is 11.4 Å². The quantitative estimate of drug-likeness (QED) is 0.650. The molecule has 0 spiro atoms. The van der Waals surface area contributed by atoms with Gasteiger partial charge in [0.15, 0.2) is 0 Å². The summed E-state index contributed by atoms with van der Waals surface area (Å²) in [4.78, 5) is 0. The van der Waals surface area contributed by atoms with E-state index >= 15 is 0 Å². The van der Waals surface area contributed by atoms with E-state index in [0.29, 0.717) is 0 Å². The summed E-state index contributed by atoms with van der Waals surface area (Å²) in [6, 6.07) is 6.11. The molecule has 0 bridgehead atoms. The number of fused-ring (bicyclic) bond motifs is 1. The molecule has 1 aromatic rings. The van der Waals surface area contributed by atoms with Crippen LogP contribution in [-0.4, -0.2) is 18.3 Å². The molecule has 0 unspecified atom stereocenters. The Morgan fingerprint density at radius 2 is 2.36 bits per heavy atom. The standard InChI is InChI=1S/C11H16N2O/c1-11(12,7-14)9-2-3-10-8(6-9)4-5-13-10/h2-3,6,13-14H,4-5,7,12H2,1H3/t11-/m1/s1. The molecule has 14 heavy (non-hydrogen) atoms. The Balaban J connectivity index is 2.38. The molecule has 1 aliphatic rings. The van der Waals surface area contributed by atoms with Crippen LogP contribution in [0.1, 0.15) is 18.1 Å². The van der Waals surface area contributed by atoms with Crippen LogP contribution in [0.2, 0.25) is 0 Å². The zero-order valence-corrected chi connectivity index (χ0v) is 8.38. The van der Waals surface area contributed by atoms with E-state index in [1.54, 1.807) is 0 Å². The number of rotatable bonds is 2. The van der Waals surface area contributed by atoms with Crippen LogP contribution >= 0.6 is 0 Å². The molecule has 1 aliphatic heterocycles. The van der Waals surface area contributed by atoms with Gasteiger partial charge in [-0.3, -0.25) is 0 Å². The molecule has 4 N–H and O–H groups in total. The second-order valence-electron chi connectivity index (χ2n) is 4.12. The number of nitrogens with two attached hydrogens (primary N) is 1. The summed E-state index contributed by atoms with van der Waals surface area (Å²) in [5.41, 5.74) is 8.83. The zero-order chi connectivity index (χ0) is 10.2. The number of anilines is 1. The van der Waals surface area contributed by atoms with Crippen molar-refractivity contribution in [2.75, 3.05) is 18.5 Å². The number of hydrogen-bond acceptors (Lipinski definition) is 3. The van der Waals surface area contributed by atoms with Gasteiger partial charge >= 0.3 is 0 Å². The van der Waals surface area contributed by atoms with Gasteiger partial charge in [-0.05, 0) is 30.5 Å². The van der Waals surface area contributed by atoms with Crippen LogP contribution in [0.3, 0.4) is 0 Å². The molecule has 1 aromatic carbocycles. The Morgan fingerprint density at radius 3 is 3.07 bits per heavy atom. The van der Waals surface area contributed by atoms with E-state index in [1.807, 2.05) is 19.1 Å². The highest BCUT2D eigenvalue weighted by molar-refractivity contribution is 5.57. The minimum absolute atomic E-state index is 0.0286. The average Bonchev–Trinajstić information content (AvgIpc) is 2.64. The number of benzene rings is 1. The van der Waals surface area contributed by atoms with Crippen LogP contribution in [0.4, 0.5) is 5.69 Å². The highest BCUT2D eigenvalue weighted by atomic mass is 16.3. The topological polar surface area (TPSA) is 58.3 Å². The highest BCUT2D eigenvalue weighted by Crippen LogP contribution is 2.27. The van der Waals surface area contributed by atoms with Gasteiger partial charge in [-0.15, -0.1) is 0 Å². The summed E-state index contributed by atoms with van der Waals surface area (Å²) in [7, 11) is 0. The van der Waals surface area contributed by atoms with E-state index in [9.17, 15) is 0 Å². The first-order valence-corrected chi connectivity index (χ1v) is 4.90. The lowest BCUT2D eigenvalue weighted by atomic mass is 9.92. The lowest BCUT2D eigenvalue weighted by Crippen LogP contribution is -2.36. The Labute approximate surface area is 83.9 Å². The molecule has 0 saturated carbocycles. The van der Waals surface area contributed by atoms with Crippen molar-refractivity contribution in [2.24, 2.45) is 5.73 Å². The van der Waals surface area contributed by atoms with Crippen LogP contribution in [0.15, 0.2) is 18.2 Å². The van der Waals surface area contributed by atoms with Crippen molar-refractivity contribution in [1.82, 2.24) is 0 Å². The van der Waals surface area contributed by atoms with Crippen LogP contribution < -0.4 is 11.1 Å². The fourth-order valence-corrected chi connectivity index (χ4v) is 1.75. The molecule has 1 atom stereocenters. The molecule has 0 aromatic heterocycles. The lowest BCUT2D eigenvalue weighted by molar-refractivity contribution is 0.210. The monoisotopic (exact) mass is 192 g/mol. The molecule has 0 amide bonds. The van der Waals surface area contributed by atoms with E-state index in [1.165, 1.54) is 11.3 Å². The first-order valence-electron chi connectivity index (χ1n) is 4.90. The summed E-state index contributed by atoms with van der Waals surface area (Å²) in [6.07, 6.45) is 1.05. The Morgan fingerprint density at radius 1 is 1.57 bits per heavy atom. The van der Waals surface area contributed by atoms with Gasteiger partial charge in [0.05, 0.1) is 12.1 Å². The van der Waals surface area contributed by atoms with E-state index in [-0.39, 0.29) is 6.61 Å². The number of nitrogens with one attached hydrogen (secondary N) is 1. The van der Waals surface area contributed by atoms with E-state index in [4.69, 9.17) is 10.8 Å². The molecule has 0 aliphatic carbocycles. The maximum atomic E-state index is 9.16. The zero-order valence-electron chi connectivity index (χ0n) is 8.38. The molecule has 0 radical (unpaired) electrons. The van der Waals surface area contributed by atoms with Gasteiger partial charge < -0.3 is 16.2 Å². The molecular weight excluding hydrogens is 176 g/mol. The fourth-order valence-electron chi connectivity index (χ4n) is 1.75. The first-order chi connectivity index (χ1) is 6.63. The van der Waals surface area contributed by atoms with Crippen LogP contribution in [0, 0.1) is 0 Å². The largest absolute Gasteiger partial charge is 0.394 e.